The maximum atomic E-state index is 12.8. The lowest BCUT2D eigenvalue weighted by Gasteiger charge is -2.18. The monoisotopic (exact) mass is 426 g/mol. The Balaban J connectivity index is 1.68. The third kappa shape index (κ3) is 4.38. The van der Waals surface area contributed by atoms with Gasteiger partial charge in [0.25, 0.3) is 0 Å². The highest BCUT2D eigenvalue weighted by atomic mass is 16.5. The van der Waals surface area contributed by atoms with Crippen LogP contribution in [0, 0.1) is 26.7 Å². The Kier molecular flexibility index (Phi) is 6.29. The van der Waals surface area contributed by atoms with Gasteiger partial charge in [0.2, 0.25) is 11.7 Å². The highest BCUT2D eigenvalue weighted by Crippen LogP contribution is 2.27. The van der Waals surface area contributed by atoms with E-state index in [1.807, 2.05) is 31.2 Å². The Hall–Kier alpha value is -3.42. The molecule has 164 valence electrons. The van der Waals surface area contributed by atoms with Crippen LogP contribution in [-0.2, 0) is 19.1 Å². The summed E-state index contributed by atoms with van der Waals surface area (Å²) < 4.78 is 10.1. The molecule has 1 aliphatic rings. The Bertz CT molecular complexity index is 1040. The first-order chi connectivity index (χ1) is 14.6. The number of hydrogen-bond donors (Lipinski definition) is 1. The average molecular weight is 426 g/mol. The molecule has 1 aromatic carbocycles. The molecule has 1 amide bonds. The molecule has 2 heterocycles. The Morgan fingerprint density at radius 1 is 1.13 bits per heavy atom. The number of rotatable bonds is 6. The minimum Gasteiger partial charge on any atom is -0.465 e. The number of ketones is 1. The van der Waals surface area contributed by atoms with E-state index in [1.54, 1.807) is 18.7 Å². The van der Waals surface area contributed by atoms with Crippen LogP contribution in [0.25, 0.3) is 0 Å². The first-order valence-corrected chi connectivity index (χ1v) is 10.0. The number of ether oxygens (including phenoxy) is 2. The molecular weight excluding hydrogens is 400 g/mol. The van der Waals surface area contributed by atoms with Gasteiger partial charge < -0.3 is 19.4 Å². The van der Waals surface area contributed by atoms with Gasteiger partial charge in [-0.15, -0.1) is 0 Å². The number of carbonyl (C=O) groups is 4. The molecule has 2 atom stereocenters. The normalized spacial score (nSPS) is 16.9. The van der Waals surface area contributed by atoms with Crippen LogP contribution in [0.4, 0.5) is 5.69 Å². The molecule has 0 saturated carbocycles. The summed E-state index contributed by atoms with van der Waals surface area (Å²) in [7, 11) is 1.27. The summed E-state index contributed by atoms with van der Waals surface area (Å²) in [6.45, 7) is 6.93. The first-order valence-electron chi connectivity index (χ1n) is 10.0. The average Bonchev–Trinajstić information content (AvgIpc) is 3.26. The predicted molar refractivity (Wildman–Crippen MR) is 113 cm³/mol. The van der Waals surface area contributed by atoms with E-state index in [1.165, 1.54) is 14.0 Å². The van der Waals surface area contributed by atoms with E-state index in [0.29, 0.717) is 16.8 Å². The molecule has 1 fully saturated rings. The smallest absolute Gasteiger partial charge is 0.339 e. The zero-order valence-electron chi connectivity index (χ0n) is 18.3. The molecule has 1 aromatic heterocycles. The van der Waals surface area contributed by atoms with Crippen molar-refractivity contribution >= 4 is 29.3 Å². The number of anilines is 1. The van der Waals surface area contributed by atoms with E-state index in [-0.39, 0.29) is 24.6 Å². The molecule has 0 aliphatic carbocycles. The minimum atomic E-state index is -1.07. The van der Waals surface area contributed by atoms with Gasteiger partial charge in [-0.2, -0.15) is 0 Å². The molecule has 1 saturated heterocycles. The number of carbonyl (C=O) groups excluding carboxylic acids is 4. The summed E-state index contributed by atoms with van der Waals surface area (Å²) in [6, 6.07) is 7.47. The summed E-state index contributed by atoms with van der Waals surface area (Å²) in [4.78, 5) is 54.3. The second kappa shape index (κ2) is 8.75. The van der Waals surface area contributed by atoms with Crippen molar-refractivity contribution in [3.05, 3.63) is 52.3 Å². The van der Waals surface area contributed by atoms with Gasteiger partial charge in [0.15, 0.2) is 6.10 Å². The van der Waals surface area contributed by atoms with Crippen LogP contribution in [0.5, 0.6) is 0 Å². The van der Waals surface area contributed by atoms with Crippen molar-refractivity contribution in [1.82, 2.24) is 4.98 Å². The van der Waals surface area contributed by atoms with Crippen molar-refractivity contribution in [2.24, 2.45) is 5.92 Å². The van der Waals surface area contributed by atoms with Gasteiger partial charge in [0, 0.05) is 24.3 Å². The fourth-order valence-corrected chi connectivity index (χ4v) is 3.77. The van der Waals surface area contributed by atoms with Crippen LogP contribution in [0.2, 0.25) is 0 Å². The number of aromatic amines is 1. The molecule has 0 spiro atoms. The summed E-state index contributed by atoms with van der Waals surface area (Å²) in [5.74, 6) is -2.41. The lowest BCUT2D eigenvalue weighted by Crippen LogP contribution is -2.30. The summed E-state index contributed by atoms with van der Waals surface area (Å²) in [6.07, 6.45) is -1.04. The molecule has 0 unspecified atom stereocenters. The molecule has 8 nitrogen and oxygen atoms in total. The summed E-state index contributed by atoms with van der Waals surface area (Å²) >= 11 is 0. The number of amides is 1. The van der Waals surface area contributed by atoms with E-state index in [0.717, 1.165) is 11.3 Å². The molecule has 2 aromatic rings. The fraction of sp³-hybridized carbons (Fsp3) is 0.391. The van der Waals surface area contributed by atoms with Crippen LogP contribution < -0.4 is 4.90 Å². The van der Waals surface area contributed by atoms with Gasteiger partial charge in [0.05, 0.1) is 24.3 Å². The number of nitrogens with zero attached hydrogens (tertiary/aromatic N) is 1. The van der Waals surface area contributed by atoms with Crippen molar-refractivity contribution in [3.8, 4) is 0 Å². The van der Waals surface area contributed by atoms with E-state index in [4.69, 9.17) is 9.47 Å². The first kappa shape index (κ1) is 22.3. The summed E-state index contributed by atoms with van der Waals surface area (Å²) in [5, 5.41) is 0. The van der Waals surface area contributed by atoms with Crippen molar-refractivity contribution in [2.45, 2.75) is 40.2 Å². The second-order valence-corrected chi connectivity index (χ2v) is 7.80. The predicted octanol–water partition coefficient (Wildman–Crippen LogP) is 2.89. The topological polar surface area (TPSA) is 106 Å². The van der Waals surface area contributed by atoms with Gasteiger partial charge in [-0.3, -0.25) is 14.4 Å². The minimum absolute atomic E-state index is 0.0285. The van der Waals surface area contributed by atoms with Crippen molar-refractivity contribution in [1.29, 1.82) is 0 Å². The third-order valence-electron chi connectivity index (χ3n) is 5.54. The van der Waals surface area contributed by atoms with Crippen LogP contribution in [0.1, 0.15) is 51.0 Å². The maximum Gasteiger partial charge on any atom is 0.339 e. The van der Waals surface area contributed by atoms with Crippen LogP contribution in [0.15, 0.2) is 24.3 Å². The fourth-order valence-electron chi connectivity index (χ4n) is 3.77. The lowest BCUT2D eigenvalue weighted by molar-refractivity contribution is -0.151. The highest BCUT2D eigenvalue weighted by molar-refractivity contribution is 6.04. The van der Waals surface area contributed by atoms with Gasteiger partial charge in [-0.25, -0.2) is 4.79 Å². The van der Waals surface area contributed by atoms with E-state index >= 15 is 0 Å². The molecule has 3 rings (SSSR count). The number of benzene rings is 1. The SMILES string of the molecule is COC(=O)c1c(C)[nH]c(C(=O)[C@@H](C)OC(=O)[C@H]2CC(=O)N(c3ccc(C)cc3)C2)c1C. The van der Waals surface area contributed by atoms with Gasteiger partial charge in [-0.1, -0.05) is 17.7 Å². The zero-order valence-corrected chi connectivity index (χ0v) is 18.3. The van der Waals surface area contributed by atoms with Crippen LogP contribution in [0.3, 0.4) is 0 Å². The largest absolute Gasteiger partial charge is 0.465 e. The number of H-pyrrole nitrogens is 1. The molecule has 0 radical (unpaired) electrons. The van der Waals surface area contributed by atoms with Gasteiger partial charge >= 0.3 is 11.9 Å². The molecule has 1 N–H and O–H groups in total. The molecule has 0 bridgehead atoms. The standard InChI is InChI=1S/C23H26N2O6/c1-12-6-8-17(9-7-12)25-11-16(10-18(25)26)22(28)31-15(4)21(27)20-13(2)19(14(3)24-20)23(29)30-5/h6-9,15-16,24H,10-11H2,1-5H3/t15-,16+/m1/s1. The molecule has 1 aliphatic heterocycles. The van der Waals surface area contributed by atoms with Gasteiger partial charge in [0.1, 0.15) is 0 Å². The number of methoxy groups -OCH3 is 1. The van der Waals surface area contributed by atoms with Crippen LogP contribution in [-0.4, -0.2) is 48.4 Å². The highest BCUT2D eigenvalue weighted by Gasteiger charge is 2.38. The van der Waals surface area contributed by atoms with Crippen molar-refractivity contribution < 1.29 is 28.7 Å². The number of Topliss-reactive ketones (excluding diaryl/α,β-unsaturated/α-hetero) is 1. The number of nitrogens with one attached hydrogen (secondary N) is 1. The number of hydrogen-bond acceptors (Lipinski definition) is 6. The molecular formula is C23H26N2O6. The second-order valence-electron chi connectivity index (χ2n) is 7.80. The van der Waals surface area contributed by atoms with E-state index in [2.05, 4.69) is 4.98 Å². The quantitative estimate of drug-likeness (QED) is 0.562. The molecule has 31 heavy (non-hydrogen) atoms. The zero-order chi connectivity index (χ0) is 22.9. The van der Waals surface area contributed by atoms with E-state index < -0.39 is 29.7 Å². The lowest BCUT2D eigenvalue weighted by atomic mass is 10.1. The maximum absolute atomic E-state index is 12.8. The van der Waals surface area contributed by atoms with E-state index in [9.17, 15) is 19.2 Å². The van der Waals surface area contributed by atoms with Crippen LogP contribution >= 0.6 is 0 Å². The summed E-state index contributed by atoms with van der Waals surface area (Å²) in [5.41, 5.74) is 3.23. The Labute approximate surface area is 180 Å². The number of aromatic nitrogens is 1. The Morgan fingerprint density at radius 2 is 1.77 bits per heavy atom. The Morgan fingerprint density at radius 3 is 2.39 bits per heavy atom. The number of aryl methyl sites for hydroxylation is 2. The van der Waals surface area contributed by atoms with Gasteiger partial charge in [-0.05, 0) is 45.4 Å². The van der Waals surface area contributed by atoms with Crippen molar-refractivity contribution in [3.63, 3.8) is 0 Å². The van der Waals surface area contributed by atoms with Crippen molar-refractivity contribution in [2.75, 3.05) is 18.6 Å². The number of esters is 2. The third-order valence-corrected chi connectivity index (χ3v) is 5.54. The molecule has 8 heteroatoms.